The minimum atomic E-state index is -0.858. The Morgan fingerprint density at radius 1 is 1.33 bits per heavy atom. The Hall–Kier alpha value is -0.910. The van der Waals surface area contributed by atoms with Crippen molar-refractivity contribution >= 4 is 23.8 Å². The molecule has 0 saturated heterocycles. The van der Waals surface area contributed by atoms with Gasteiger partial charge in [-0.2, -0.15) is 11.8 Å². The predicted octanol–water partition coefficient (Wildman–Crippen LogP) is 2.91. The van der Waals surface area contributed by atoms with Crippen molar-refractivity contribution in [3.8, 4) is 0 Å². The van der Waals surface area contributed by atoms with Crippen LogP contribution in [0.1, 0.15) is 40.5 Å². The molecule has 2 N–H and O–H groups in total. The van der Waals surface area contributed by atoms with Crippen molar-refractivity contribution in [2.24, 2.45) is 11.3 Å². The highest BCUT2D eigenvalue weighted by Gasteiger charge is 2.25. The molecule has 6 heteroatoms. The van der Waals surface area contributed by atoms with Crippen LogP contribution in [0.2, 0.25) is 0 Å². The van der Waals surface area contributed by atoms with E-state index in [2.05, 4.69) is 5.32 Å². The smallest absolute Gasteiger partial charge is 0.317 e. The van der Waals surface area contributed by atoms with E-state index in [1.165, 1.54) is 0 Å². The molecule has 0 aromatic carbocycles. The third-order valence-electron chi connectivity index (χ3n) is 3.43. The molecule has 0 spiro atoms. The first kappa shape index (κ1) is 20.1. The second kappa shape index (κ2) is 9.18. The number of nitrogens with zero attached hydrogens (tertiary/aromatic N) is 1. The zero-order valence-corrected chi connectivity index (χ0v) is 14.9. The zero-order valence-electron chi connectivity index (χ0n) is 14.1. The second-order valence-corrected chi connectivity index (χ2v) is 7.71. The molecule has 2 unspecified atom stereocenters. The standard InChI is InChI=1S/C15H30N2O3S/c1-11(7-8-21-6)17(5)14(20)16-10-12(13(18)19)9-15(2,3)4/h11-12H,7-10H2,1-6H3,(H,16,20)(H,18,19). The number of carboxylic acids is 1. The summed E-state index contributed by atoms with van der Waals surface area (Å²) in [5.74, 6) is -0.409. The lowest BCUT2D eigenvalue weighted by atomic mass is 9.84. The first-order valence-corrected chi connectivity index (χ1v) is 8.70. The van der Waals surface area contributed by atoms with Crippen molar-refractivity contribution in [3.63, 3.8) is 0 Å². The van der Waals surface area contributed by atoms with Crippen LogP contribution in [0.3, 0.4) is 0 Å². The number of carbonyl (C=O) groups is 2. The molecule has 0 aromatic rings. The van der Waals surface area contributed by atoms with Gasteiger partial charge in [-0.1, -0.05) is 20.8 Å². The summed E-state index contributed by atoms with van der Waals surface area (Å²) in [6, 6.07) is -0.0629. The van der Waals surface area contributed by atoms with E-state index >= 15 is 0 Å². The molecule has 0 fully saturated rings. The molecule has 0 heterocycles. The average Bonchev–Trinajstić information content (AvgIpc) is 2.37. The van der Waals surface area contributed by atoms with Crippen molar-refractivity contribution in [3.05, 3.63) is 0 Å². The number of nitrogens with one attached hydrogen (secondary N) is 1. The van der Waals surface area contributed by atoms with Crippen molar-refractivity contribution in [2.75, 3.05) is 25.6 Å². The summed E-state index contributed by atoms with van der Waals surface area (Å²) in [5, 5.41) is 12.0. The summed E-state index contributed by atoms with van der Waals surface area (Å²) in [7, 11) is 1.75. The SMILES string of the molecule is CSCCC(C)N(C)C(=O)NCC(CC(C)(C)C)C(=O)O. The Kier molecular flexibility index (Phi) is 8.78. The summed E-state index contributed by atoms with van der Waals surface area (Å²) < 4.78 is 0. The molecule has 0 bridgehead atoms. The van der Waals surface area contributed by atoms with Gasteiger partial charge in [-0.25, -0.2) is 4.79 Å². The topological polar surface area (TPSA) is 69.6 Å². The summed E-state index contributed by atoms with van der Waals surface area (Å²) in [5.41, 5.74) is -0.0780. The highest BCUT2D eigenvalue weighted by Crippen LogP contribution is 2.24. The first-order chi connectivity index (χ1) is 9.58. The molecular formula is C15H30N2O3S. The number of rotatable bonds is 8. The quantitative estimate of drug-likeness (QED) is 0.722. The number of carboxylic acid groups (broad SMARTS) is 1. The molecule has 21 heavy (non-hydrogen) atoms. The molecule has 0 aliphatic carbocycles. The van der Waals surface area contributed by atoms with Crippen LogP contribution in [-0.4, -0.2) is 53.6 Å². The molecule has 0 rings (SSSR count). The number of aliphatic carboxylic acids is 1. The van der Waals surface area contributed by atoms with E-state index in [-0.39, 0.29) is 24.0 Å². The Labute approximate surface area is 132 Å². The van der Waals surface area contributed by atoms with E-state index < -0.39 is 11.9 Å². The number of carbonyl (C=O) groups excluding carboxylic acids is 1. The van der Waals surface area contributed by atoms with Crippen molar-refractivity contribution in [1.82, 2.24) is 10.2 Å². The van der Waals surface area contributed by atoms with Crippen LogP contribution < -0.4 is 5.32 Å². The summed E-state index contributed by atoms with van der Waals surface area (Å²) in [6.45, 7) is 8.18. The fraction of sp³-hybridized carbons (Fsp3) is 0.867. The van der Waals surface area contributed by atoms with E-state index in [4.69, 9.17) is 0 Å². The van der Waals surface area contributed by atoms with Gasteiger partial charge in [-0.15, -0.1) is 0 Å². The molecule has 0 aromatic heterocycles. The number of urea groups is 1. The van der Waals surface area contributed by atoms with E-state index in [1.807, 2.05) is 34.0 Å². The van der Waals surface area contributed by atoms with Crippen LogP contribution in [0.4, 0.5) is 4.79 Å². The molecular weight excluding hydrogens is 288 g/mol. The van der Waals surface area contributed by atoms with Crippen molar-refractivity contribution < 1.29 is 14.7 Å². The maximum atomic E-state index is 12.1. The molecule has 2 atom stereocenters. The molecule has 0 saturated carbocycles. The third kappa shape index (κ3) is 8.86. The predicted molar refractivity (Wildman–Crippen MR) is 88.8 cm³/mol. The Bertz CT molecular complexity index is 342. The van der Waals surface area contributed by atoms with Crippen LogP contribution in [0, 0.1) is 11.3 Å². The maximum absolute atomic E-state index is 12.1. The Balaban J connectivity index is 4.39. The Morgan fingerprint density at radius 2 is 1.90 bits per heavy atom. The summed E-state index contributed by atoms with van der Waals surface area (Å²) in [4.78, 5) is 25.0. The minimum Gasteiger partial charge on any atom is -0.481 e. The van der Waals surface area contributed by atoms with E-state index in [1.54, 1.807) is 23.7 Å². The highest BCUT2D eigenvalue weighted by molar-refractivity contribution is 7.98. The average molecular weight is 318 g/mol. The molecule has 0 aliphatic heterocycles. The van der Waals surface area contributed by atoms with Gasteiger partial charge in [0.05, 0.1) is 5.92 Å². The monoisotopic (exact) mass is 318 g/mol. The molecule has 124 valence electrons. The lowest BCUT2D eigenvalue weighted by molar-refractivity contribution is -0.142. The number of thioether (sulfide) groups is 1. The maximum Gasteiger partial charge on any atom is 0.317 e. The largest absolute Gasteiger partial charge is 0.481 e. The van der Waals surface area contributed by atoms with Gasteiger partial charge in [-0.05, 0) is 37.2 Å². The fourth-order valence-electron chi connectivity index (χ4n) is 2.00. The van der Waals surface area contributed by atoms with Gasteiger partial charge in [0.1, 0.15) is 0 Å². The van der Waals surface area contributed by atoms with Crippen LogP contribution in [0.25, 0.3) is 0 Å². The molecule has 2 amide bonds. The van der Waals surface area contributed by atoms with E-state index in [0.717, 1.165) is 12.2 Å². The lowest BCUT2D eigenvalue weighted by Crippen LogP contribution is -2.45. The van der Waals surface area contributed by atoms with Crippen molar-refractivity contribution in [1.29, 1.82) is 0 Å². The van der Waals surface area contributed by atoms with Crippen LogP contribution in [-0.2, 0) is 4.79 Å². The normalized spacial score (nSPS) is 14.4. The first-order valence-electron chi connectivity index (χ1n) is 7.31. The van der Waals surface area contributed by atoms with E-state index in [0.29, 0.717) is 6.42 Å². The number of hydrogen-bond donors (Lipinski definition) is 2. The van der Waals surface area contributed by atoms with Gasteiger partial charge >= 0.3 is 12.0 Å². The van der Waals surface area contributed by atoms with Gasteiger partial charge in [0, 0.05) is 19.6 Å². The third-order valence-corrected chi connectivity index (χ3v) is 4.07. The fourth-order valence-corrected chi connectivity index (χ4v) is 2.58. The number of amides is 2. The van der Waals surface area contributed by atoms with Crippen LogP contribution in [0.5, 0.6) is 0 Å². The summed E-state index contributed by atoms with van der Waals surface area (Å²) in [6.07, 6.45) is 3.50. The van der Waals surface area contributed by atoms with Gasteiger partial charge in [0.15, 0.2) is 0 Å². The minimum absolute atomic E-state index is 0.0780. The molecule has 0 aliphatic rings. The van der Waals surface area contributed by atoms with Crippen molar-refractivity contribution in [2.45, 2.75) is 46.6 Å². The van der Waals surface area contributed by atoms with Gasteiger partial charge in [0.25, 0.3) is 0 Å². The molecule has 0 radical (unpaired) electrons. The van der Waals surface area contributed by atoms with Gasteiger partial charge in [-0.3, -0.25) is 4.79 Å². The summed E-state index contributed by atoms with van der Waals surface area (Å²) >= 11 is 1.75. The zero-order chi connectivity index (χ0) is 16.6. The molecule has 5 nitrogen and oxygen atoms in total. The van der Waals surface area contributed by atoms with Gasteiger partial charge < -0.3 is 15.3 Å². The Morgan fingerprint density at radius 3 is 2.33 bits per heavy atom. The lowest BCUT2D eigenvalue weighted by Gasteiger charge is -2.27. The number of hydrogen-bond acceptors (Lipinski definition) is 3. The van der Waals surface area contributed by atoms with Crippen LogP contribution in [0.15, 0.2) is 0 Å². The van der Waals surface area contributed by atoms with E-state index in [9.17, 15) is 14.7 Å². The second-order valence-electron chi connectivity index (χ2n) is 6.73. The van der Waals surface area contributed by atoms with Gasteiger partial charge in [0.2, 0.25) is 0 Å². The van der Waals surface area contributed by atoms with Crippen LogP contribution >= 0.6 is 11.8 Å². The highest BCUT2D eigenvalue weighted by atomic mass is 32.2.